The highest BCUT2D eigenvalue weighted by molar-refractivity contribution is 5.85. The molecule has 0 saturated heterocycles. The Morgan fingerprint density at radius 2 is 1.92 bits per heavy atom. The van der Waals surface area contributed by atoms with E-state index in [1.165, 1.54) is 0 Å². The molecule has 0 aliphatic rings. The summed E-state index contributed by atoms with van der Waals surface area (Å²) in [5.41, 5.74) is 0.416. The predicted molar refractivity (Wildman–Crippen MR) is 53.8 cm³/mol. The van der Waals surface area contributed by atoms with E-state index < -0.39 is 5.97 Å². The number of rotatable bonds is 5. The van der Waals surface area contributed by atoms with Crippen molar-refractivity contribution >= 4 is 5.97 Å². The normalized spacial score (nSPS) is 14.7. The molecule has 0 aromatic heterocycles. The molecule has 0 saturated carbocycles. The van der Waals surface area contributed by atoms with Gasteiger partial charge in [-0.3, -0.25) is 4.90 Å². The van der Waals surface area contributed by atoms with Gasteiger partial charge in [-0.2, -0.15) is 0 Å². The van der Waals surface area contributed by atoms with Gasteiger partial charge in [-0.1, -0.05) is 19.9 Å². The summed E-state index contributed by atoms with van der Waals surface area (Å²) >= 11 is 0. The number of nitrogens with zero attached hydrogens (tertiary/aromatic N) is 1. The zero-order valence-electron chi connectivity index (χ0n) is 8.87. The Morgan fingerprint density at radius 1 is 1.46 bits per heavy atom. The number of carboxylic acid groups (broad SMARTS) is 1. The van der Waals surface area contributed by atoms with E-state index in [1.54, 1.807) is 13.0 Å². The second kappa shape index (κ2) is 5.75. The molecule has 0 radical (unpaired) electrons. The van der Waals surface area contributed by atoms with Crippen LogP contribution in [-0.2, 0) is 4.79 Å². The van der Waals surface area contributed by atoms with E-state index in [0.29, 0.717) is 5.57 Å². The van der Waals surface area contributed by atoms with Crippen molar-refractivity contribution in [3.05, 3.63) is 11.6 Å². The van der Waals surface area contributed by atoms with Crippen molar-refractivity contribution in [2.75, 3.05) is 13.1 Å². The van der Waals surface area contributed by atoms with E-state index >= 15 is 0 Å². The van der Waals surface area contributed by atoms with Crippen molar-refractivity contribution in [2.45, 2.75) is 33.7 Å². The molecule has 1 atom stereocenters. The summed E-state index contributed by atoms with van der Waals surface area (Å²) in [6.45, 7) is 9.68. The van der Waals surface area contributed by atoms with Gasteiger partial charge in [-0.05, 0) is 26.9 Å². The number of hydrogen-bond acceptors (Lipinski definition) is 2. The van der Waals surface area contributed by atoms with E-state index in [-0.39, 0.29) is 6.04 Å². The van der Waals surface area contributed by atoms with Gasteiger partial charge in [0.15, 0.2) is 0 Å². The Morgan fingerprint density at radius 3 is 2.23 bits per heavy atom. The Labute approximate surface area is 80.0 Å². The summed E-state index contributed by atoms with van der Waals surface area (Å²) in [4.78, 5) is 12.7. The summed E-state index contributed by atoms with van der Waals surface area (Å²) in [6, 6.07) is 0.200. The van der Waals surface area contributed by atoms with Gasteiger partial charge in [0.05, 0.1) is 0 Å². The molecule has 0 aromatic carbocycles. The fourth-order valence-electron chi connectivity index (χ4n) is 1.34. The van der Waals surface area contributed by atoms with E-state index in [2.05, 4.69) is 18.7 Å². The smallest absolute Gasteiger partial charge is 0.331 e. The minimum Gasteiger partial charge on any atom is -0.478 e. The number of carbonyl (C=O) groups is 1. The largest absolute Gasteiger partial charge is 0.478 e. The predicted octanol–water partition coefficient (Wildman–Crippen LogP) is 1.75. The van der Waals surface area contributed by atoms with Crippen molar-refractivity contribution in [3.63, 3.8) is 0 Å². The first-order valence-electron chi connectivity index (χ1n) is 4.68. The molecule has 0 fully saturated rings. The summed E-state index contributed by atoms with van der Waals surface area (Å²) in [5.74, 6) is -0.834. The summed E-state index contributed by atoms with van der Waals surface area (Å²) in [7, 11) is 0. The van der Waals surface area contributed by atoms with Crippen LogP contribution in [0.1, 0.15) is 27.7 Å². The lowest BCUT2D eigenvalue weighted by Gasteiger charge is -2.23. The van der Waals surface area contributed by atoms with Crippen LogP contribution in [0.4, 0.5) is 0 Å². The van der Waals surface area contributed by atoms with Crippen LogP contribution in [-0.4, -0.2) is 35.1 Å². The lowest BCUT2D eigenvalue weighted by Crippen LogP contribution is -2.31. The third-order valence-electron chi connectivity index (χ3n) is 2.22. The van der Waals surface area contributed by atoms with E-state index in [4.69, 9.17) is 5.11 Å². The van der Waals surface area contributed by atoms with Crippen LogP contribution < -0.4 is 0 Å². The Hall–Kier alpha value is -0.830. The van der Waals surface area contributed by atoms with Crippen molar-refractivity contribution in [1.29, 1.82) is 0 Å². The molecular formula is C10H19NO2. The lowest BCUT2D eigenvalue weighted by atomic mass is 10.2. The van der Waals surface area contributed by atoms with E-state index in [1.807, 2.05) is 6.92 Å². The van der Waals surface area contributed by atoms with Gasteiger partial charge < -0.3 is 5.11 Å². The summed E-state index contributed by atoms with van der Waals surface area (Å²) < 4.78 is 0. The quantitative estimate of drug-likeness (QED) is 0.663. The highest BCUT2D eigenvalue weighted by Gasteiger charge is 2.09. The molecule has 13 heavy (non-hydrogen) atoms. The Bertz CT molecular complexity index is 195. The van der Waals surface area contributed by atoms with Gasteiger partial charge in [-0.15, -0.1) is 0 Å². The molecule has 1 unspecified atom stereocenters. The molecule has 0 aliphatic heterocycles. The molecule has 3 nitrogen and oxygen atoms in total. The van der Waals surface area contributed by atoms with Gasteiger partial charge in [-0.25, -0.2) is 4.79 Å². The van der Waals surface area contributed by atoms with Crippen LogP contribution in [0.2, 0.25) is 0 Å². The monoisotopic (exact) mass is 185 g/mol. The molecule has 0 heterocycles. The van der Waals surface area contributed by atoms with Gasteiger partial charge in [0.25, 0.3) is 0 Å². The number of likely N-dealkylation sites (N-methyl/N-ethyl adjacent to an activating group) is 1. The van der Waals surface area contributed by atoms with Crippen molar-refractivity contribution < 1.29 is 9.90 Å². The highest BCUT2D eigenvalue weighted by Crippen LogP contribution is 2.03. The SMILES string of the molecule is CCN(CC)C(C)/C=C(\C)C(=O)O. The zero-order valence-corrected chi connectivity index (χ0v) is 8.87. The first-order valence-corrected chi connectivity index (χ1v) is 4.68. The number of aliphatic carboxylic acids is 1. The second-order valence-electron chi connectivity index (χ2n) is 3.12. The summed E-state index contributed by atoms with van der Waals surface area (Å²) in [5, 5.41) is 8.67. The first kappa shape index (κ1) is 12.2. The number of carboxylic acids is 1. The van der Waals surface area contributed by atoms with Gasteiger partial charge in [0, 0.05) is 11.6 Å². The fraction of sp³-hybridized carbons (Fsp3) is 0.700. The third kappa shape index (κ3) is 4.08. The molecule has 0 spiro atoms. The van der Waals surface area contributed by atoms with Crippen molar-refractivity contribution in [3.8, 4) is 0 Å². The Kier molecular flexibility index (Phi) is 5.39. The zero-order chi connectivity index (χ0) is 10.4. The third-order valence-corrected chi connectivity index (χ3v) is 2.22. The van der Waals surface area contributed by atoms with Crippen molar-refractivity contribution in [2.24, 2.45) is 0 Å². The van der Waals surface area contributed by atoms with Gasteiger partial charge >= 0.3 is 5.97 Å². The Balaban J connectivity index is 4.33. The molecule has 0 rings (SSSR count). The van der Waals surface area contributed by atoms with Crippen LogP contribution in [0, 0.1) is 0 Å². The molecule has 0 aliphatic carbocycles. The topological polar surface area (TPSA) is 40.5 Å². The maximum atomic E-state index is 10.5. The van der Waals surface area contributed by atoms with Gasteiger partial charge in [0.1, 0.15) is 0 Å². The van der Waals surface area contributed by atoms with Crippen LogP contribution >= 0.6 is 0 Å². The first-order chi connectivity index (χ1) is 6.02. The molecule has 0 aromatic rings. The average molecular weight is 185 g/mol. The summed E-state index contributed by atoms with van der Waals surface area (Å²) in [6.07, 6.45) is 1.79. The molecule has 0 bridgehead atoms. The van der Waals surface area contributed by atoms with Crippen LogP contribution in [0.3, 0.4) is 0 Å². The minimum atomic E-state index is -0.834. The van der Waals surface area contributed by atoms with Crippen molar-refractivity contribution in [1.82, 2.24) is 4.90 Å². The highest BCUT2D eigenvalue weighted by atomic mass is 16.4. The van der Waals surface area contributed by atoms with E-state index in [9.17, 15) is 4.79 Å². The van der Waals surface area contributed by atoms with Crippen LogP contribution in [0.15, 0.2) is 11.6 Å². The van der Waals surface area contributed by atoms with E-state index in [0.717, 1.165) is 13.1 Å². The molecule has 1 N–H and O–H groups in total. The molecule has 0 amide bonds. The molecular weight excluding hydrogens is 166 g/mol. The van der Waals surface area contributed by atoms with Gasteiger partial charge in [0.2, 0.25) is 0 Å². The average Bonchev–Trinajstić information content (AvgIpc) is 2.06. The fourth-order valence-corrected chi connectivity index (χ4v) is 1.34. The maximum Gasteiger partial charge on any atom is 0.331 e. The minimum absolute atomic E-state index is 0.200. The molecule has 3 heteroatoms. The number of hydrogen-bond donors (Lipinski definition) is 1. The molecule has 76 valence electrons. The van der Waals surface area contributed by atoms with Crippen LogP contribution in [0.25, 0.3) is 0 Å². The maximum absolute atomic E-state index is 10.5. The second-order valence-corrected chi connectivity index (χ2v) is 3.12. The van der Waals surface area contributed by atoms with Crippen LogP contribution in [0.5, 0.6) is 0 Å². The lowest BCUT2D eigenvalue weighted by molar-refractivity contribution is -0.132. The standard InChI is InChI=1S/C10H19NO2/c1-5-11(6-2)9(4)7-8(3)10(12)13/h7,9H,5-6H2,1-4H3,(H,12,13)/b8-7+.